The van der Waals surface area contributed by atoms with E-state index in [0.29, 0.717) is 18.1 Å². The van der Waals surface area contributed by atoms with E-state index in [0.717, 1.165) is 5.56 Å². The fourth-order valence-corrected chi connectivity index (χ4v) is 2.48. The van der Waals surface area contributed by atoms with Crippen LogP contribution in [0.2, 0.25) is 0 Å². The molecule has 0 saturated heterocycles. The fraction of sp³-hybridized carbons (Fsp3) is 0.294. The normalized spacial score (nSPS) is 10.4. The predicted octanol–water partition coefficient (Wildman–Crippen LogP) is 4.11. The van der Waals surface area contributed by atoms with Crippen molar-refractivity contribution in [1.29, 1.82) is 0 Å². The minimum atomic E-state index is -0.458. The van der Waals surface area contributed by atoms with Crippen LogP contribution in [0.4, 0.5) is 5.69 Å². The van der Waals surface area contributed by atoms with Gasteiger partial charge in [-0.15, -0.1) is 0 Å². The molecule has 0 spiro atoms. The summed E-state index contributed by atoms with van der Waals surface area (Å²) in [4.78, 5) is 10.3. The lowest BCUT2D eigenvalue weighted by atomic mass is 10.0. The lowest BCUT2D eigenvalue weighted by Crippen LogP contribution is -2.03. The zero-order chi connectivity index (χ0) is 16.3. The van der Waals surface area contributed by atoms with Crippen LogP contribution in [0.25, 0.3) is 0 Å². The predicted molar refractivity (Wildman–Crippen MR) is 84.6 cm³/mol. The SMILES string of the molecule is COc1cc([N+](=O)[O-])ccc1OCc1c(C)cc(C)cc1C. The molecule has 0 atom stereocenters. The average Bonchev–Trinajstić information content (AvgIpc) is 2.45. The van der Waals surface area contributed by atoms with E-state index in [4.69, 9.17) is 9.47 Å². The zero-order valence-electron chi connectivity index (χ0n) is 13.2. The van der Waals surface area contributed by atoms with E-state index in [1.807, 2.05) is 13.8 Å². The van der Waals surface area contributed by atoms with Crippen molar-refractivity contribution in [2.75, 3.05) is 7.11 Å². The Hall–Kier alpha value is -2.56. The number of nitrogens with zero attached hydrogens (tertiary/aromatic N) is 1. The van der Waals surface area contributed by atoms with E-state index in [2.05, 4.69) is 19.1 Å². The lowest BCUT2D eigenvalue weighted by molar-refractivity contribution is -0.385. The quantitative estimate of drug-likeness (QED) is 0.616. The maximum atomic E-state index is 10.8. The lowest BCUT2D eigenvalue weighted by Gasteiger charge is -2.14. The summed E-state index contributed by atoms with van der Waals surface area (Å²) >= 11 is 0. The van der Waals surface area contributed by atoms with Gasteiger partial charge in [0, 0.05) is 6.07 Å². The van der Waals surface area contributed by atoms with Crippen LogP contribution in [-0.2, 0) is 6.61 Å². The molecule has 0 bridgehead atoms. The Labute approximate surface area is 129 Å². The maximum Gasteiger partial charge on any atom is 0.273 e. The van der Waals surface area contributed by atoms with Crippen LogP contribution >= 0.6 is 0 Å². The molecule has 0 aliphatic carbocycles. The van der Waals surface area contributed by atoms with Gasteiger partial charge in [0.1, 0.15) is 6.61 Å². The molecule has 0 amide bonds. The summed E-state index contributed by atoms with van der Waals surface area (Å²) in [7, 11) is 1.47. The number of non-ortho nitro benzene ring substituents is 1. The summed E-state index contributed by atoms with van der Waals surface area (Å²) in [5.41, 5.74) is 4.64. The summed E-state index contributed by atoms with van der Waals surface area (Å²) < 4.78 is 11.0. The largest absolute Gasteiger partial charge is 0.493 e. The summed E-state index contributed by atoms with van der Waals surface area (Å²) in [5, 5.41) is 10.8. The van der Waals surface area contributed by atoms with Gasteiger partial charge in [-0.25, -0.2) is 0 Å². The van der Waals surface area contributed by atoms with Gasteiger partial charge in [-0.3, -0.25) is 10.1 Å². The van der Waals surface area contributed by atoms with Gasteiger partial charge in [0.15, 0.2) is 11.5 Å². The molecule has 5 nitrogen and oxygen atoms in total. The van der Waals surface area contributed by atoms with Crippen molar-refractivity contribution in [3.63, 3.8) is 0 Å². The first-order chi connectivity index (χ1) is 10.4. The molecule has 0 radical (unpaired) electrons. The molecule has 0 unspecified atom stereocenters. The Balaban J connectivity index is 2.23. The Kier molecular flexibility index (Phi) is 4.65. The number of nitro benzene ring substituents is 1. The van der Waals surface area contributed by atoms with E-state index in [-0.39, 0.29) is 5.69 Å². The van der Waals surface area contributed by atoms with Gasteiger partial charge in [-0.05, 0) is 43.5 Å². The first kappa shape index (κ1) is 15.8. The molecule has 0 N–H and O–H groups in total. The molecule has 0 fully saturated rings. The van der Waals surface area contributed by atoms with Crippen molar-refractivity contribution in [1.82, 2.24) is 0 Å². The summed E-state index contributed by atoms with van der Waals surface area (Å²) in [6, 6.07) is 8.56. The van der Waals surface area contributed by atoms with Crippen molar-refractivity contribution < 1.29 is 14.4 Å². The molecule has 5 heteroatoms. The van der Waals surface area contributed by atoms with E-state index < -0.39 is 4.92 Å². The standard InChI is InChI=1S/C17H19NO4/c1-11-7-12(2)15(13(3)8-11)10-22-16-6-5-14(18(19)20)9-17(16)21-4/h5-9H,10H2,1-4H3. The fourth-order valence-electron chi connectivity index (χ4n) is 2.48. The topological polar surface area (TPSA) is 61.6 Å². The number of benzene rings is 2. The highest BCUT2D eigenvalue weighted by Gasteiger charge is 2.13. The zero-order valence-corrected chi connectivity index (χ0v) is 13.2. The molecule has 22 heavy (non-hydrogen) atoms. The number of hydrogen-bond donors (Lipinski definition) is 0. The van der Waals surface area contributed by atoms with Gasteiger partial charge in [0.25, 0.3) is 5.69 Å². The number of nitro groups is 1. The second-order valence-electron chi connectivity index (χ2n) is 5.26. The van der Waals surface area contributed by atoms with Gasteiger partial charge in [0.05, 0.1) is 18.1 Å². The third-order valence-corrected chi connectivity index (χ3v) is 3.57. The van der Waals surface area contributed by atoms with Crippen LogP contribution < -0.4 is 9.47 Å². The van der Waals surface area contributed by atoms with Crippen molar-refractivity contribution >= 4 is 5.69 Å². The number of methoxy groups -OCH3 is 1. The molecule has 2 rings (SSSR count). The third kappa shape index (κ3) is 3.36. The maximum absolute atomic E-state index is 10.8. The van der Waals surface area contributed by atoms with Gasteiger partial charge in [-0.2, -0.15) is 0 Å². The first-order valence-corrected chi connectivity index (χ1v) is 6.94. The van der Waals surface area contributed by atoms with Crippen molar-refractivity contribution in [3.05, 3.63) is 62.7 Å². The van der Waals surface area contributed by atoms with E-state index in [1.54, 1.807) is 6.07 Å². The summed E-state index contributed by atoms with van der Waals surface area (Å²) in [5.74, 6) is 0.851. The Morgan fingerprint density at radius 2 is 1.68 bits per heavy atom. The highest BCUT2D eigenvalue weighted by atomic mass is 16.6. The summed E-state index contributed by atoms with van der Waals surface area (Å²) in [6.07, 6.45) is 0. The Morgan fingerprint density at radius 1 is 1.05 bits per heavy atom. The van der Waals surface area contributed by atoms with Crippen LogP contribution in [-0.4, -0.2) is 12.0 Å². The van der Waals surface area contributed by atoms with Crippen molar-refractivity contribution in [2.45, 2.75) is 27.4 Å². The van der Waals surface area contributed by atoms with Gasteiger partial charge >= 0.3 is 0 Å². The second-order valence-corrected chi connectivity index (χ2v) is 5.26. The first-order valence-electron chi connectivity index (χ1n) is 6.94. The molecule has 0 saturated carbocycles. The Bertz CT molecular complexity index is 687. The molecule has 2 aromatic rings. The Morgan fingerprint density at radius 3 is 2.23 bits per heavy atom. The van der Waals surface area contributed by atoms with Crippen LogP contribution in [0.3, 0.4) is 0 Å². The highest BCUT2D eigenvalue weighted by Crippen LogP contribution is 2.32. The van der Waals surface area contributed by atoms with Crippen molar-refractivity contribution in [3.8, 4) is 11.5 Å². The number of ether oxygens (including phenoxy) is 2. The average molecular weight is 301 g/mol. The second kappa shape index (κ2) is 6.47. The van der Waals surface area contributed by atoms with Crippen LogP contribution in [0.5, 0.6) is 11.5 Å². The monoisotopic (exact) mass is 301 g/mol. The van der Waals surface area contributed by atoms with Crippen LogP contribution in [0.15, 0.2) is 30.3 Å². The molecule has 0 heterocycles. The minimum Gasteiger partial charge on any atom is -0.493 e. The van der Waals surface area contributed by atoms with Crippen LogP contribution in [0, 0.1) is 30.9 Å². The molecule has 0 aromatic heterocycles. The molecule has 2 aromatic carbocycles. The minimum absolute atomic E-state index is 0.0214. The van der Waals surface area contributed by atoms with Gasteiger partial charge in [-0.1, -0.05) is 17.7 Å². The highest BCUT2D eigenvalue weighted by molar-refractivity contribution is 5.48. The van der Waals surface area contributed by atoms with Gasteiger partial charge < -0.3 is 9.47 Å². The molecule has 0 aliphatic heterocycles. The number of rotatable bonds is 5. The number of hydrogen-bond acceptors (Lipinski definition) is 4. The van der Waals surface area contributed by atoms with E-state index >= 15 is 0 Å². The third-order valence-electron chi connectivity index (χ3n) is 3.57. The van der Waals surface area contributed by atoms with Crippen LogP contribution in [0.1, 0.15) is 22.3 Å². The molecular formula is C17H19NO4. The van der Waals surface area contributed by atoms with E-state index in [1.165, 1.54) is 35.9 Å². The van der Waals surface area contributed by atoms with Crippen molar-refractivity contribution in [2.24, 2.45) is 0 Å². The summed E-state index contributed by atoms with van der Waals surface area (Å²) in [6.45, 7) is 6.55. The molecule has 0 aliphatic rings. The number of aryl methyl sites for hydroxylation is 3. The smallest absolute Gasteiger partial charge is 0.273 e. The molecular weight excluding hydrogens is 282 g/mol. The van der Waals surface area contributed by atoms with Gasteiger partial charge in [0.2, 0.25) is 0 Å². The molecule has 116 valence electrons. The van der Waals surface area contributed by atoms with E-state index in [9.17, 15) is 10.1 Å².